The van der Waals surface area contributed by atoms with Gasteiger partial charge in [-0.25, -0.2) is 4.79 Å². The summed E-state index contributed by atoms with van der Waals surface area (Å²) in [5.74, 6) is 1.70. The van der Waals surface area contributed by atoms with Crippen LogP contribution >= 0.6 is 23.5 Å². The number of rotatable bonds is 6. The first kappa shape index (κ1) is 20.1. The molecule has 0 bridgehead atoms. The van der Waals surface area contributed by atoms with Gasteiger partial charge in [-0.2, -0.15) is 0 Å². The van der Waals surface area contributed by atoms with Crippen LogP contribution in [0.25, 0.3) is 0 Å². The molecule has 3 rings (SSSR count). The van der Waals surface area contributed by atoms with Crippen LogP contribution in [0.1, 0.15) is 62.1 Å². The van der Waals surface area contributed by atoms with Gasteiger partial charge in [-0.1, -0.05) is 12.1 Å². The summed E-state index contributed by atoms with van der Waals surface area (Å²) in [7, 11) is 0. The summed E-state index contributed by atoms with van der Waals surface area (Å²) in [6.45, 7) is 7.84. The topological polar surface area (TPSA) is 48.3 Å². The second-order valence-corrected chi connectivity index (χ2v) is 9.67. The molecule has 2 aromatic rings. The summed E-state index contributed by atoms with van der Waals surface area (Å²) in [5.41, 5.74) is 4.28. The molecule has 27 heavy (non-hydrogen) atoms. The molecule has 1 fully saturated rings. The van der Waals surface area contributed by atoms with Crippen LogP contribution in [0.2, 0.25) is 0 Å². The monoisotopic (exact) mass is 403 g/mol. The van der Waals surface area contributed by atoms with Crippen molar-refractivity contribution in [3.8, 4) is 0 Å². The molecule has 4 nitrogen and oxygen atoms in total. The van der Waals surface area contributed by atoms with Crippen LogP contribution in [0.5, 0.6) is 0 Å². The molecule has 0 radical (unpaired) electrons. The van der Waals surface area contributed by atoms with Gasteiger partial charge in [0.25, 0.3) is 0 Å². The second-order valence-electron chi connectivity index (χ2n) is 6.94. The van der Waals surface area contributed by atoms with E-state index in [1.54, 1.807) is 12.1 Å². The van der Waals surface area contributed by atoms with E-state index in [9.17, 15) is 9.59 Å². The Morgan fingerprint density at radius 2 is 1.78 bits per heavy atom. The number of aromatic nitrogens is 1. The van der Waals surface area contributed by atoms with Gasteiger partial charge in [0.1, 0.15) is 0 Å². The highest BCUT2D eigenvalue weighted by Crippen LogP contribution is 2.45. The standard InChI is InChI=1S/C21H25NO3S2/c1-13(2)22-14(3)11-18(15(22)4)19(23)12-25-20(24)16-5-7-17(8-6-16)21-26-9-10-27-21/h5-8,11,13,21H,9-10,12H2,1-4H3. The van der Waals surface area contributed by atoms with Crippen molar-refractivity contribution in [1.29, 1.82) is 0 Å². The summed E-state index contributed by atoms with van der Waals surface area (Å²) in [6, 6.07) is 9.68. The van der Waals surface area contributed by atoms with Crippen molar-refractivity contribution in [2.45, 2.75) is 38.3 Å². The van der Waals surface area contributed by atoms with Crippen molar-refractivity contribution >= 4 is 35.3 Å². The van der Waals surface area contributed by atoms with Crippen molar-refractivity contribution in [3.05, 3.63) is 58.4 Å². The lowest BCUT2D eigenvalue weighted by Crippen LogP contribution is -2.15. The van der Waals surface area contributed by atoms with E-state index in [1.807, 2.05) is 55.6 Å². The van der Waals surface area contributed by atoms with Crippen LogP contribution in [0.15, 0.2) is 30.3 Å². The number of carbonyl (C=O) groups excluding carboxylic acids is 2. The average Bonchev–Trinajstić information content (AvgIpc) is 3.27. The molecule has 0 unspecified atom stereocenters. The molecule has 0 spiro atoms. The van der Waals surface area contributed by atoms with Crippen LogP contribution in [-0.2, 0) is 4.74 Å². The van der Waals surface area contributed by atoms with E-state index in [1.165, 1.54) is 17.1 Å². The molecule has 1 aliphatic rings. The fourth-order valence-electron chi connectivity index (χ4n) is 3.47. The molecular weight excluding hydrogens is 378 g/mol. The van der Waals surface area contributed by atoms with Gasteiger partial charge in [-0.05, 0) is 51.5 Å². The van der Waals surface area contributed by atoms with Crippen LogP contribution in [0.4, 0.5) is 0 Å². The fourth-order valence-corrected chi connectivity index (χ4v) is 6.33. The number of nitrogens with zero attached hydrogens (tertiary/aromatic N) is 1. The lowest BCUT2D eigenvalue weighted by atomic mass is 10.1. The van der Waals surface area contributed by atoms with E-state index in [0.717, 1.165) is 11.4 Å². The molecule has 0 aliphatic carbocycles. The largest absolute Gasteiger partial charge is 0.454 e. The SMILES string of the molecule is Cc1cc(C(=O)COC(=O)c2ccc(C3SCCS3)cc2)c(C)n1C(C)C. The number of benzene rings is 1. The number of ketones is 1. The highest BCUT2D eigenvalue weighted by Gasteiger charge is 2.20. The summed E-state index contributed by atoms with van der Waals surface area (Å²) in [5, 5.41) is 0. The number of hydrogen-bond donors (Lipinski definition) is 0. The molecule has 1 aliphatic heterocycles. The van der Waals surface area contributed by atoms with E-state index >= 15 is 0 Å². The zero-order valence-electron chi connectivity index (χ0n) is 16.2. The van der Waals surface area contributed by atoms with Crippen molar-refractivity contribution in [2.75, 3.05) is 18.1 Å². The van der Waals surface area contributed by atoms with Gasteiger partial charge >= 0.3 is 5.97 Å². The van der Waals surface area contributed by atoms with Gasteiger partial charge in [0.15, 0.2) is 6.61 Å². The van der Waals surface area contributed by atoms with E-state index in [4.69, 9.17) is 4.74 Å². The fraction of sp³-hybridized carbons (Fsp3) is 0.429. The summed E-state index contributed by atoms with van der Waals surface area (Å²) < 4.78 is 7.84. The Kier molecular flexibility index (Phi) is 6.37. The van der Waals surface area contributed by atoms with Gasteiger partial charge in [-0.15, -0.1) is 23.5 Å². The molecular formula is C21H25NO3S2. The number of esters is 1. The molecule has 1 saturated heterocycles. The average molecular weight is 404 g/mol. The zero-order valence-corrected chi connectivity index (χ0v) is 17.8. The van der Waals surface area contributed by atoms with Gasteiger partial charge < -0.3 is 9.30 Å². The summed E-state index contributed by atoms with van der Waals surface area (Å²) >= 11 is 3.86. The van der Waals surface area contributed by atoms with Crippen LogP contribution in [0, 0.1) is 13.8 Å². The van der Waals surface area contributed by atoms with Crippen LogP contribution in [0.3, 0.4) is 0 Å². The maximum absolute atomic E-state index is 12.5. The lowest BCUT2D eigenvalue weighted by Gasteiger charge is -2.13. The molecule has 1 aromatic carbocycles. The van der Waals surface area contributed by atoms with E-state index < -0.39 is 5.97 Å². The Morgan fingerprint density at radius 1 is 1.15 bits per heavy atom. The maximum atomic E-state index is 12.5. The molecule has 0 N–H and O–H groups in total. The normalized spacial score (nSPS) is 14.7. The number of hydrogen-bond acceptors (Lipinski definition) is 5. The van der Waals surface area contributed by atoms with Crippen molar-refractivity contribution < 1.29 is 14.3 Å². The predicted octanol–water partition coefficient (Wildman–Crippen LogP) is 5.20. The minimum atomic E-state index is -0.459. The van der Waals surface area contributed by atoms with Crippen molar-refractivity contribution in [2.24, 2.45) is 0 Å². The van der Waals surface area contributed by atoms with Crippen molar-refractivity contribution in [3.63, 3.8) is 0 Å². The highest BCUT2D eigenvalue weighted by atomic mass is 32.2. The third kappa shape index (κ3) is 4.43. The zero-order chi connectivity index (χ0) is 19.6. The number of carbonyl (C=O) groups is 2. The molecule has 2 heterocycles. The molecule has 0 atom stereocenters. The molecule has 0 saturated carbocycles. The molecule has 0 amide bonds. The lowest BCUT2D eigenvalue weighted by molar-refractivity contribution is 0.0474. The van der Waals surface area contributed by atoms with Crippen LogP contribution < -0.4 is 0 Å². The Hall–Kier alpha value is -1.66. The number of Topliss-reactive ketones (excluding diaryl/α,β-unsaturated/α-hetero) is 1. The maximum Gasteiger partial charge on any atom is 0.338 e. The first-order valence-corrected chi connectivity index (χ1v) is 11.2. The Labute approximate surface area is 169 Å². The summed E-state index contributed by atoms with van der Waals surface area (Å²) in [6.07, 6.45) is 0. The predicted molar refractivity (Wildman–Crippen MR) is 113 cm³/mol. The van der Waals surface area contributed by atoms with E-state index in [-0.39, 0.29) is 18.4 Å². The second kappa shape index (κ2) is 8.57. The molecule has 6 heteroatoms. The third-order valence-electron chi connectivity index (χ3n) is 4.68. The van der Waals surface area contributed by atoms with Crippen molar-refractivity contribution in [1.82, 2.24) is 4.57 Å². The van der Waals surface area contributed by atoms with Crippen LogP contribution in [-0.4, -0.2) is 34.4 Å². The Balaban J connectivity index is 1.62. The van der Waals surface area contributed by atoms with Gasteiger partial charge in [0.2, 0.25) is 5.78 Å². The minimum absolute atomic E-state index is 0.168. The molecule has 1 aromatic heterocycles. The van der Waals surface area contributed by atoms with Gasteiger partial charge in [0, 0.05) is 34.5 Å². The minimum Gasteiger partial charge on any atom is -0.454 e. The first-order valence-electron chi connectivity index (χ1n) is 9.10. The van der Waals surface area contributed by atoms with E-state index in [0.29, 0.717) is 15.7 Å². The number of thioether (sulfide) groups is 2. The smallest absolute Gasteiger partial charge is 0.338 e. The highest BCUT2D eigenvalue weighted by molar-refractivity contribution is 8.19. The van der Waals surface area contributed by atoms with Gasteiger partial charge in [0.05, 0.1) is 10.1 Å². The quantitative estimate of drug-likeness (QED) is 0.490. The molecule has 144 valence electrons. The third-order valence-corrected chi connectivity index (χ3v) is 7.78. The van der Waals surface area contributed by atoms with E-state index in [2.05, 4.69) is 18.4 Å². The first-order chi connectivity index (χ1) is 12.9. The summed E-state index contributed by atoms with van der Waals surface area (Å²) in [4.78, 5) is 24.8. The number of ether oxygens (including phenoxy) is 1. The number of aryl methyl sites for hydroxylation is 1. The van der Waals surface area contributed by atoms with Gasteiger partial charge in [-0.3, -0.25) is 4.79 Å². The Morgan fingerprint density at radius 3 is 2.33 bits per heavy atom. The Bertz CT molecular complexity index is 834.